The van der Waals surface area contributed by atoms with Gasteiger partial charge in [0.05, 0.1) is 25.1 Å². The Morgan fingerprint density at radius 1 is 0.958 bits per heavy atom. The number of hydrogen-bond donors (Lipinski definition) is 0. The first kappa shape index (κ1) is 15.1. The van der Waals surface area contributed by atoms with E-state index in [1.54, 1.807) is 4.80 Å². The Labute approximate surface area is 141 Å². The van der Waals surface area contributed by atoms with Crippen LogP contribution in [0.25, 0.3) is 16.9 Å². The molecule has 0 saturated carbocycles. The van der Waals surface area contributed by atoms with E-state index in [4.69, 9.17) is 4.74 Å². The van der Waals surface area contributed by atoms with E-state index >= 15 is 0 Å². The summed E-state index contributed by atoms with van der Waals surface area (Å²) >= 11 is 0. The molecule has 5 nitrogen and oxygen atoms in total. The van der Waals surface area contributed by atoms with Crippen LogP contribution in [0, 0.1) is 0 Å². The van der Waals surface area contributed by atoms with Crippen LogP contribution in [0.2, 0.25) is 0 Å². The molecule has 24 heavy (non-hydrogen) atoms. The van der Waals surface area contributed by atoms with Crippen LogP contribution < -0.4 is 0 Å². The van der Waals surface area contributed by atoms with Gasteiger partial charge in [-0.15, -0.1) is 5.10 Å². The molecule has 3 aromatic rings. The monoisotopic (exact) mass is 320 g/mol. The molecule has 122 valence electrons. The summed E-state index contributed by atoms with van der Waals surface area (Å²) in [5.41, 5.74) is 4.25. The molecule has 0 atom stereocenters. The maximum absolute atomic E-state index is 5.41. The first-order valence-corrected chi connectivity index (χ1v) is 8.26. The van der Waals surface area contributed by atoms with Crippen LogP contribution >= 0.6 is 0 Å². The molecule has 0 radical (unpaired) electrons. The Balaban J connectivity index is 1.54. The molecule has 0 unspecified atom stereocenters. The minimum absolute atomic E-state index is 0.824. The molecule has 1 fully saturated rings. The molecule has 1 aromatic heterocycles. The summed E-state index contributed by atoms with van der Waals surface area (Å²) in [5, 5.41) is 9.00. The van der Waals surface area contributed by atoms with E-state index in [-0.39, 0.29) is 0 Å². The van der Waals surface area contributed by atoms with Crippen molar-refractivity contribution in [1.82, 2.24) is 19.9 Å². The van der Waals surface area contributed by atoms with Gasteiger partial charge in [-0.1, -0.05) is 36.4 Å². The lowest BCUT2D eigenvalue weighted by atomic mass is 10.1. The van der Waals surface area contributed by atoms with Crippen molar-refractivity contribution in [3.63, 3.8) is 0 Å². The SMILES string of the molecule is c1ccc(-n2ncc(-c3cccc(CN4CCOCC4)c3)n2)cc1. The molecule has 0 bridgehead atoms. The number of morpholine rings is 1. The molecule has 2 heterocycles. The average molecular weight is 320 g/mol. The van der Waals surface area contributed by atoms with Crippen molar-refractivity contribution in [3.05, 3.63) is 66.4 Å². The molecule has 4 rings (SSSR count). The number of hydrogen-bond acceptors (Lipinski definition) is 4. The summed E-state index contributed by atoms with van der Waals surface area (Å²) in [5.74, 6) is 0. The zero-order valence-electron chi connectivity index (χ0n) is 13.5. The molecule has 5 heteroatoms. The summed E-state index contributed by atoms with van der Waals surface area (Å²) in [4.78, 5) is 4.09. The lowest BCUT2D eigenvalue weighted by Crippen LogP contribution is -2.35. The number of ether oxygens (including phenoxy) is 1. The fourth-order valence-electron chi connectivity index (χ4n) is 2.93. The summed E-state index contributed by atoms with van der Waals surface area (Å²) in [6.07, 6.45) is 1.82. The highest BCUT2D eigenvalue weighted by atomic mass is 16.5. The molecular weight excluding hydrogens is 300 g/mol. The summed E-state index contributed by atoms with van der Waals surface area (Å²) in [7, 11) is 0. The van der Waals surface area contributed by atoms with Crippen LogP contribution in [-0.4, -0.2) is 46.2 Å². The minimum atomic E-state index is 0.824. The van der Waals surface area contributed by atoms with Crippen LogP contribution in [-0.2, 0) is 11.3 Å². The highest BCUT2D eigenvalue weighted by Crippen LogP contribution is 2.19. The van der Waals surface area contributed by atoms with Gasteiger partial charge in [0.2, 0.25) is 0 Å². The highest BCUT2D eigenvalue weighted by molar-refractivity contribution is 5.58. The maximum Gasteiger partial charge on any atom is 0.113 e. The molecule has 0 N–H and O–H groups in total. The van der Waals surface area contributed by atoms with Gasteiger partial charge in [-0.25, -0.2) is 0 Å². The number of rotatable bonds is 4. The van der Waals surface area contributed by atoms with Gasteiger partial charge in [-0.3, -0.25) is 4.90 Å². The van der Waals surface area contributed by atoms with Crippen molar-refractivity contribution in [2.75, 3.05) is 26.3 Å². The normalized spacial score (nSPS) is 15.5. The van der Waals surface area contributed by atoms with Crippen LogP contribution in [0.1, 0.15) is 5.56 Å². The third-order valence-corrected chi connectivity index (χ3v) is 4.21. The van der Waals surface area contributed by atoms with Crippen molar-refractivity contribution in [2.24, 2.45) is 0 Å². The Morgan fingerprint density at radius 2 is 1.79 bits per heavy atom. The van der Waals surface area contributed by atoms with Crippen molar-refractivity contribution in [2.45, 2.75) is 6.54 Å². The number of aromatic nitrogens is 3. The van der Waals surface area contributed by atoms with Gasteiger partial charge in [0.1, 0.15) is 5.69 Å². The Hall–Kier alpha value is -2.50. The standard InChI is InChI=1S/C19H20N4O/c1-2-7-18(8-3-1)23-20-14-19(21-23)17-6-4-5-16(13-17)15-22-9-11-24-12-10-22/h1-8,13-14H,9-12,15H2. The zero-order valence-corrected chi connectivity index (χ0v) is 13.5. The minimum Gasteiger partial charge on any atom is -0.379 e. The molecule has 1 saturated heterocycles. The van der Waals surface area contributed by atoms with Crippen LogP contribution in [0.5, 0.6) is 0 Å². The summed E-state index contributed by atoms with van der Waals surface area (Å²) in [6, 6.07) is 18.5. The largest absolute Gasteiger partial charge is 0.379 e. The summed E-state index contributed by atoms with van der Waals surface area (Å²) < 4.78 is 5.41. The first-order chi connectivity index (χ1) is 11.9. The molecule has 0 aliphatic carbocycles. The van der Waals surface area contributed by atoms with E-state index in [2.05, 4.69) is 39.4 Å². The fourth-order valence-corrected chi connectivity index (χ4v) is 2.93. The molecule has 0 spiro atoms. The van der Waals surface area contributed by atoms with Crippen molar-refractivity contribution >= 4 is 0 Å². The molecule has 1 aliphatic heterocycles. The Bertz CT molecular complexity index is 794. The Morgan fingerprint density at radius 3 is 2.62 bits per heavy atom. The zero-order chi connectivity index (χ0) is 16.2. The van der Waals surface area contributed by atoms with Crippen molar-refractivity contribution in [3.8, 4) is 16.9 Å². The second-order valence-corrected chi connectivity index (χ2v) is 5.94. The first-order valence-electron chi connectivity index (χ1n) is 8.26. The summed E-state index contributed by atoms with van der Waals surface area (Å²) in [6.45, 7) is 4.59. The van der Waals surface area contributed by atoms with E-state index in [9.17, 15) is 0 Å². The lowest BCUT2D eigenvalue weighted by Gasteiger charge is -2.26. The van der Waals surface area contributed by atoms with Gasteiger partial charge < -0.3 is 4.74 Å². The quantitative estimate of drug-likeness (QED) is 0.741. The topological polar surface area (TPSA) is 43.2 Å². The van der Waals surface area contributed by atoms with Crippen LogP contribution in [0.15, 0.2) is 60.8 Å². The van der Waals surface area contributed by atoms with Gasteiger partial charge in [0.15, 0.2) is 0 Å². The number of para-hydroxylation sites is 1. The molecule has 0 amide bonds. The lowest BCUT2D eigenvalue weighted by molar-refractivity contribution is 0.0342. The molecule has 1 aliphatic rings. The second-order valence-electron chi connectivity index (χ2n) is 5.94. The van der Waals surface area contributed by atoms with E-state index < -0.39 is 0 Å². The Kier molecular flexibility index (Phi) is 4.36. The number of nitrogens with zero attached hydrogens (tertiary/aromatic N) is 4. The molecule has 2 aromatic carbocycles. The highest BCUT2D eigenvalue weighted by Gasteiger charge is 2.12. The third-order valence-electron chi connectivity index (χ3n) is 4.21. The van der Waals surface area contributed by atoms with Crippen molar-refractivity contribution in [1.29, 1.82) is 0 Å². The van der Waals surface area contributed by atoms with Gasteiger partial charge >= 0.3 is 0 Å². The van der Waals surface area contributed by atoms with Crippen LogP contribution in [0.4, 0.5) is 0 Å². The van der Waals surface area contributed by atoms with E-state index in [0.29, 0.717) is 0 Å². The smallest absolute Gasteiger partial charge is 0.113 e. The second kappa shape index (κ2) is 6.95. The van der Waals surface area contributed by atoms with Gasteiger partial charge in [0, 0.05) is 25.2 Å². The predicted molar refractivity (Wildman–Crippen MR) is 92.9 cm³/mol. The van der Waals surface area contributed by atoms with Gasteiger partial charge in [0.25, 0.3) is 0 Å². The van der Waals surface area contributed by atoms with E-state index in [1.165, 1.54) is 5.56 Å². The van der Waals surface area contributed by atoms with E-state index in [0.717, 1.165) is 49.8 Å². The van der Waals surface area contributed by atoms with E-state index in [1.807, 2.05) is 36.5 Å². The third kappa shape index (κ3) is 3.37. The van der Waals surface area contributed by atoms with Gasteiger partial charge in [-0.05, 0) is 23.8 Å². The predicted octanol–water partition coefficient (Wildman–Crippen LogP) is 2.77. The fraction of sp³-hybridized carbons (Fsp3) is 0.263. The maximum atomic E-state index is 5.41. The number of benzene rings is 2. The average Bonchev–Trinajstić information content (AvgIpc) is 3.14. The molecular formula is C19H20N4O. The van der Waals surface area contributed by atoms with Crippen LogP contribution in [0.3, 0.4) is 0 Å². The van der Waals surface area contributed by atoms with Crippen molar-refractivity contribution < 1.29 is 4.74 Å². The van der Waals surface area contributed by atoms with Gasteiger partial charge in [-0.2, -0.15) is 9.90 Å².